The Kier molecular flexibility index (Phi) is 11.1. The first-order valence-electron chi connectivity index (χ1n) is 11.1. The van der Waals surface area contributed by atoms with Crippen LogP contribution >= 0.6 is 0 Å². The van der Waals surface area contributed by atoms with Crippen LogP contribution < -0.4 is 0 Å². The van der Waals surface area contributed by atoms with E-state index in [1.165, 1.54) is 62.1 Å². The summed E-state index contributed by atoms with van der Waals surface area (Å²) < 4.78 is 4.97. The zero-order chi connectivity index (χ0) is 21.4. The zero-order valence-electron chi connectivity index (χ0n) is 17.9. The fraction of sp³-hybridized carbons (Fsp3) is 0.407. The number of esters is 1. The van der Waals surface area contributed by atoms with E-state index >= 15 is 0 Å². The number of carbonyl (C=O) groups excluding carboxylic acids is 1. The first kappa shape index (κ1) is 23.4. The van der Waals surface area contributed by atoms with Gasteiger partial charge < -0.3 is 4.74 Å². The van der Waals surface area contributed by atoms with Crippen LogP contribution in [0.3, 0.4) is 0 Å². The van der Waals surface area contributed by atoms with Crippen LogP contribution in [0, 0.1) is 6.57 Å². The fourth-order valence-corrected chi connectivity index (χ4v) is 3.49. The van der Waals surface area contributed by atoms with Crippen molar-refractivity contribution in [1.29, 1.82) is 0 Å². The van der Waals surface area contributed by atoms with E-state index in [0.717, 1.165) is 24.8 Å². The highest BCUT2D eigenvalue weighted by Gasteiger charge is 2.00. The third-order valence-electron chi connectivity index (χ3n) is 5.30. The molecule has 30 heavy (non-hydrogen) atoms. The molecule has 0 aliphatic heterocycles. The minimum Gasteiger partial charge on any atom is -0.463 e. The molecule has 0 spiro atoms. The summed E-state index contributed by atoms with van der Waals surface area (Å²) in [6.07, 6.45) is 13.4. The fourth-order valence-electron chi connectivity index (χ4n) is 3.49. The Labute approximate surface area is 181 Å². The lowest BCUT2D eigenvalue weighted by atomic mass is 10.0. The second kappa shape index (κ2) is 14.2. The van der Waals surface area contributed by atoms with Crippen LogP contribution in [0.15, 0.2) is 61.2 Å². The summed E-state index contributed by atoms with van der Waals surface area (Å²) in [5.74, 6) is -0.321. The maximum absolute atomic E-state index is 10.9. The van der Waals surface area contributed by atoms with Gasteiger partial charge in [-0.15, -0.1) is 0 Å². The van der Waals surface area contributed by atoms with Gasteiger partial charge in [0.15, 0.2) is 5.69 Å². The lowest BCUT2D eigenvalue weighted by molar-refractivity contribution is -0.137. The minimum atomic E-state index is -0.321. The number of benzene rings is 2. The second-order valence-corrected chi connectivity index (χ2v) is 7.66. The molecule has 0 radical (unpaired) electrons. The Morgan fingerprint density at radius 1 is 0.800 bits per heavy atom. The quantitative estimate of drug-likeness (QED) is 0.140. The Bertz CT molecular complexity index is 800. The van der Waals surface area contributed by atoms with Gasteiger partial charge in [0.1, 0.15) is 0 Å². The van der Waals surface area contributed by atoms with E-state index in [1.807, 2.05) is 24.3 Å². The average Bonchev–Trinajstić information content (AvgIpc) is 2.80. The van der Waals surface area contributed by atoms with Crippen LogP contribution in [-0.4, -0.2) is 12.6 Å². The minimum absolute atomic E-state index is 0.321. The lowest BCUT2D eigenvalue weighted by Gasteiger charge is -2.06. The van der Waals surface area contributed by atoms with Gasteiger partial charge in [-0.3, -0.25) is 0 Å². The molecule has 0 N–H and O–H groups in total. The Morgan fingerprint density at radius 2 is 1.30 bits per heavy atom. The molecule has 0 amide bonds. The van der Waals surface area contributed by atoms with Gasteiger partial charge in [-0.2, -0.15) is 0 Å². The van der Waals surface area contributed by atoms with Crippen molar-refractivity contribution in [2.45, 2.75) is 64.2 Å². The monoisotopic (exact) mass is 403 g/mol. The molecule has 0 aromatic heterocycles. The molecular weight excluding hydrogens is 370 g/mol. The topological polar surface area (TPSA) is 30.7 Å². The second-order valence-electron chi connectivity index (χ2n) is 7.66. The van der Waals surface area contributed by atoms with E-state index in [9.17, 15) is 4.79 Å². The molecule has 2 aromatic carbocycles. The molecule has 0 heterocycles. The number of hydrogen-bond donors (Lipinski definition) is 0. The lowest BCUT2D eigenvalue weighted by Crippen LogP contribution is -2.01. The smallest absolute Gasteiger partial charge is 0.330 e. The average molecular weight is 404 g/mol. The number of unbranched alkanes of at least 4 members (excludes halogenated alkanes) is 8. The van der Waals surface area contributed by atoms with Crippen molar-refractivity contribution in [3.63, 3.8) is 0 Å². The summed E-state index contributed by atoms with van der Waals surface area (Å²) in [6.45, 7) is 10.9. The summed E-state index contributed by atoms with van der Waals surface area (Å²) >= 11 is 0. The van der Waals surface area contributed by atoms with Crippen molar-refractivity contribution >= 4 is 11.7 Å². The van der Waals surface area contributed by atoms with Crippen molar-refractivity contribution in [3.8, 4) is 11.1 Å². The van der Waals surface area contributed by atoms with Gasteiger partial charge in [-0.25, -0.2) is 9.64 Å². The van der Waals surface area contributed by atoms with Gasteiger partial charge in [0.2, 0.25) is 0 Å². The number of nitrogens with zero attached hydrogens (tertiary/aromatic N) is 1. The first-order valence-corrected chi connectivity index (χ1v) is 11.1. The van der Waals surface area contributed by atoms with Gasteiger partial charge in [-0.05, 0) is 36.0 Å². The van der Waals surface area contributed by atoms with E-state index in [-0.39, 0.29) is 5.97 Å². The van der Waals surface area contributed by atoms with Crippen molar-refractivity contribution in [2.24, 2.45) is 0 Å². The van der Waals surface area contributed by atoms with Crippen molar-refractivity contribution in [3.05, 3.63) is 78.2 Å². The number of hydrogen-bond acceptors (Lipinski definition) is 2. The maximum atomic E-state index is 10.9. The van der Waals surface area contributed by atoms with E-state index in [1.54, 1.807) is 0 Å². The Hall–Kier alpha value is -2.86. The van der Waals surface area contributed by atoms with Crippen LogP contribution in [-0.2, 0) is 16.0 Å². The molecule has 0 aliphatic rings. The molecule has 2 rings (SSSR count). The molecule has 0 bridgehead atoms. The van der Waals surface area contributed by atoms with E-state index < -0.39 is 0 Å². The third kappa shape index (κ3) is 9.09. The van der Waals surface area contributed by atoms with Gasteiger partial charge >= 0.3 is 5.97 Å². The van der Waals surface area contributed by atoms with E-state index in [2.05, 4.69) is 35.7 Å². The predicted octanol–water partition coefficient (Wildman–Crippen LogP) is 7.69. The summed E-state index contributed by atoms with van der Waals surface area (Å²) in [5, 5.41) is 0. The van der Waals surface area contributed by atoms with Gasteiger partial charge in [0.05, 0.1) is 13.2 Å². The van der Waals surface area contributed by atoms with Crippen LogP contribution in [0.5, 0.6) is 0 Å². The van der Waals surface area contributed by atoms with Gasteiger partial charge in [0, 0.05) is 6.08 Å². The molecular formula is C27H33NO2. The number of ether oxygens (including phenoxy) is 1. The number of rotatable bonds is 14. The van der Waals surface area contributed by atoms with Gasteiger partial charge in [0.25, 0.3) is 0 Å². The summed E-state index contributed by atoms with van der Waals surface area (Å²) in [7, 11) is 0. The Balaban J connectivity index is 1.49. The van der Waals surface area contributed by atoms with Crippen LogP contribution in [0.4, 0.5) is 5.69 Å². The standard InChI is InChI=1S/C27H33NO2/c1-3-27(29)30-22-12-10-8-6-4-5-7-9-11-13-23-14-16-24(17-15-23)25-18-20-26(28-2)21-19-25/h3,14-21H,1,4-13,22H2. The Morgan fingerprint density at radius 3 is 1.83 bits per heavy atom. The zero-order valence-corrected chi connectivity index (χ0v) is 17.9. The molecule has 0 aliphatic carbocycles. The highest BCUT2D eigenvalue weighted by atomic mass is 16.5. The summed E-state index contributed by atoms with van der Waals surface area (Å²) in [5.41, 5.74) is 4.44. The maximum Gasteiger partial charge on any atom is 0.330 e. The number of aryl methyl sites for hydroxylation is 1. The highest BCUT2D eigenvalue weighted by molar-refractivity contribution is 5.81. The third-order valence-corrected chi connectivity index (χ3v) is 5.30. The van der Waals surface area contributed by atoms with Crippen molar-refractivity contribution in [2.75, 3.05) is 6.61 Å². The molecule has 0 saturated heterocycles. The molecule has 0 fully saturated rings. The highest BCUT2D eigenvalue weighted by Crippen LogP contribution is 2.23. The molecule has 2 aromatic rings. The van der Waals surface area contributed by atoms with E-state index in [4.69, 9.17) is 11.3 Å². The van der Waals surface area contributed by atoms with Crippen LogP contribution in [0.25, 0.3) is 16.0 Å². The largest absolute Gasteiger partial charge is 0.463 e. The molecule has 158 valence electrons. The van der Waals surface area contributed by atoms with E-state index in [0.29, 0.717) is 12.3 Å². The molecule has 0 atom stereocenters. The molecule has 0 saturated carbocycles. The molecule has 3 heteroatoms. The predicted molar refractivity (Wildman–Crippen MR) is 125 cm³/mol. The normalized spacial score (nSPS) is 10.4. The van der Waals surface area contributed by atoms with Crippen molar-refractivity contribution < 1.29 is 9.53 Å². The van der Waals surface area contributed by atoms with Crippen LogP contribution in [0.2, 0.25) is 0 Å². The van der Waals surface area contributed by atoms with Crippen molar-refractivity contribution in [1.82, 2.24) is 0 Å². The van der Waals surface area contributed by atoms with Gasteiger partial charge in [-0.1, -0.05) is 100 Å². The number of carbonyl (C=O) groups is 1. The first-order chi connectivity index (χ1) is 14.7. The summed E-state index contributed by atoms with van der Waals surface area (Å²) in [4.78, 5) is 14.3. The molecule has 3 nitrogen and oxygen atoms in total. The van der Waals surface area contributed by atoms with Crippen LogP contribution in [0.1, 0.15) is 63.4 Å². The molecule has 0 unspecified atom stereocenters. The SMILES string of the molecule is [C-]#[N+]c1ccc(-c2ccc(CCCCCCCCCCCOC(=O)C=C)cc2)cc1. The summed E-state index contributed by atoms with van der Waals surface area (Å²) in [6, 6.07) is 16.6.